The zero-order chi connectivity index (χ0) is 19.8. The number of H-pyrrole nitrogens is 1. The van der Waals surface area contributed by atoms with E-state index in [1.165, 1.54) is 18.5 Å². The molecule has 1 fully saturated rings. The van der Waals surface area contributed by atoms with Crippen LogP contribution in [0.25, 0.3) is 22.1 Å². The zero-order valence-corrected chi connectivity index (χ0v) is 15.8. The Balaban J connectivity index is 1.31. The summed E-state index contributed by atoms with van der Waals surface area (Å²) < 4.78 is 15.4. The van der Waals surface area contributed by atoms with E-state index in [1.807, 2.05) is 21.7 Å². The first-order chi connectivity index (χ1) is 14.2. The van der Waals surface area contributed by atoms with Gasteiger partial charge in [-0.15, -0.1) is 0 Å². The first-order valence-corrected chi connectivity index (χ1v) is 9.60. The van der Waals surface area contributed by atoms with Crippen molar-refractivity contribution in [2.24, 2.45) is 0 Å². The van der Waals surface area contributed by atoms with Crippen molar-refractivity contribution in [3.63, 3.8) is 0 Å². The van der Waals surface area contributed by atoms with Crippen molar-refractivity contribution >= 4 is 33.8 Å². The summed E-state index contributed by atoms with van der Waals surface area (Å²) in [6, 6.07) is 6.53. The van der Waals surface area contributed by atoms with Gasteiger partial charge < -0.3 is 19.4 Å². The number of amides is 1. The Labute approximate surface area is 166 Å². The lowest BCUT2D eigenvalue weighted by Gasteiger charge is -2.23. The summed E-state index contributed by atoms with van der Waals surface area (Å²) in [5, 5.41) is 0.925. The fourth-order valence-electron chi connectivity index (χ4n) is 3.91. The topological polar surface area (TPSA) is 82.9 Å². The molecular weight excluding hydrogens is 373 g/mol. The Bertz CT molecular complexity index is 1180. The van der Waals surface area contributed by atoms with Gasteiger partial charge in [-0.05, 0) is 36.1 Å². The van der Waals surface area contributed by atoms with E-state index in [0.29, 0.717) is 25.3 Å². The maximum absolute atomic E-state index is 13.6. The van der Waals surface area contributed by atoms with Crippen LogP contribution in [0.2, 0.25) is 0 Å². The molecule has 4 heterocycles. The molecule has 1 aliphatic heterocycles. The first kappa shape index (κ1) is 17.6. The van der Waals surface area contributed by atoms with Crippen molar-refractivity contribution in [3.8, 4) is 0 Å². The number of aromatic nitrogens is 5. The molecule has 9 heteroatoms. The van der Waals surface area contributed by atoms with Crippen LogP contribution < -0.4 is 4.90 Å². The smallest absolute Gasteiger partial charge is 0.242 e. The molecule has 0 atom stereocenters. The second kappa shape index (κ2) is 7.16. The highest BCUT2D eigenvalue weighted by molar-refractivity contribution is 5.84. The minimum absolute atomic E-state index is 0.0305. The van der Waals surface area contributed by atoms with Crippen LogP contribution in [0, 0.1) is 5.82 Å². The highest BCUT2D eigenvalue weighted by atomic mass is 19.1. The van der Waals surface area contributed by atoms with Crippen LogP contribution in [0.1, 0.15) is 6.42 Å². The predicted molar refractivity (Wildman–Crippen MR) is 107 cm³/mol. The number of aromatic amines is 1. The SMILES string of the molecule is O=C(Cn1ccc2ccc(F)cc21)N1CCCN(c2ncnc3nc[nH]c23)CC1. The van der Waals surface area contributed by atoms with Crippen molar-refractivity contribution in [1.82, 2.24) is 29.4 Å². The molecule has 1 saturated heterocycles. The van der Waals surface area contributed by atoms with E-state index in [1.54, 1.807) is 12.4 Å². The third-order valence-electron chi connectivity index (χ3n) is 5.39. The van der Waals surface area contributed by atoms with Gasteiger partial charge in [0, 0.05) is 32.4 Å². The number of imidazole rings is 1. The number of hydrogen-bond acceptors (Lipinski definition) is 5. The van der Waals surface area contributed by atoms with Gasteiger partial charge >= 0.3 is 0 Å². The molecular formula is C20H20FN7O. The number of nitrogens with zero attached hydrogens (tertiary/aromatic N) is 6. The highest BCUT2D eigenvalue weighted by Crippen LogP contribution is 2.21. The Morgan fingerprint density at radius 2 is 2.03 bits per heavy atom. The van der Waals surface area contributed by atoms with Crippen molar-refractivity contribution in [2.45, 2.75) is 13.0 Å². The van der Waals surface area contributed by atoms with E-state index >= 15 is 0 Å². The Kier molecular flexibility index (Phi) is 4.34. The molecule has 0 unspecified atom stereocenters. The number of halogens is 1. The maximum atomic E-state index is 13.6. The van der Waals surface area contributed by atoms with Gasteiger partial charge in [0.1, 0.15) is 24.2 Å². The summed E-state index contributed by atoms with van der Waals surface area (Å²) in [7, 11) is 0. The van der Waals surface area contributed by atoms with E-state index in [4.69, 9.17) is 0 Å². The molecule has 0 radical (unpaired) electrons. The Morgan fingerprint density at radius 1 is 1.10 bits per heavy atom. The standard InChI is InChI=1S/C20H20FN7O/c21-15-3-2-14-4-7-28(16(14)10-15)11-17(29)26-5-1-6-27(9-8-26)20-18-19(23-12-22-18)24-13-25-20/h2-4,7,10,12-13H,1,5-6,8-9,11H2,(H,22,23,24,25). The molecule has 1 aliphatic rings. The molecule has 0 aliphatic carbocycles. The van der Waals surface area contributed by atoms with Crippen molar-refractivity contribution in [1.29, 1.82) is 0 Å². The molecule has 5 rings (SSSR count). The van der Waals surface area contributed by atoms with Crippen LogP contribution in [0.5, 0.6) is 0 Å². The fraction of sp³-hybridized carbons (Fsp3) is 0.300. The van der Waals surface area contributed by atoms with Gasteiger partial charge in [-0.1, -0.05) is 0 Å². The van der Waals surface area contributed by atoms with E-state index in [2.05, 4.69) is 24.8 Å². The molecule has 4 aromatic rings. The first-order valence-electron chi connectivity index (χ1n) is 9.60. The molecule has 1 amide bonds. The normalized spacial score (nSPS) is 15.2. The highest BCUT2D eigenvalue weighted by Gasteiger charge is 2.22. The lowest BCUT2D eigenvalue weighted by atomic mass is 10.2. The number of fused-ring (bicyclic) bond motifs is 2. The summed E-state index contributed by atoms with van der Waals surface area (Å²) in [6.07, 6.45) is 5.80. The predicted octanol–water partition coefficient (Wildman–Crippen LogP) is 2.19. The van der Waals surface area contributed by atoms with Crippen molar-refractivity contribution in [3.05, 3.63) is 48.9 Å². The molecule has 8 nitrogen and oxygen atoms in total. The van der Waals surface area contributed by atoms with Crippen LogP contribution in [-0.2, 0) is 11.3 Å². The summed E-state index contributed by atoms with van der Waals surface area (Å²) in [5.41, 5.74) is 2.18. The number of carbonyl (C=O) groups is 1. The summed E-state index contributed by atoms with van der Waals surface area (Å²) in [6.45, 7) is 2.96. The van der Waals surface area contributed by atoms with Gasteiger partial charge in [-0.25, -0.2) is 19.3 Å². The monoisotopic (exact) mass is 393 g/mol. The van der Waals surface area contributed by atoms with E-state index in [-0.39, 0.29) is 18.3 Å². The molecule has 1 aromatic carbocycles. The zero-order valence-electron chi connectivity index (χ0n) is 15.8. The molecule has 0 spiro atoms. The number of nitrogens with one attached hydrogen (secondary N) is 1. The largest absolute Gasteiger partial charge is 0.353 e. The average Bonchev–Trinajstić information content (AvgIpc) is 3.28. The summed E-state index contributed by atoms with van der Waals surface area (Å²) in [4.78, 5) is 32.8. The van der Waals surface area contributed by atoms with Crippen LogP contribution in [0.3, 0.4) is 0 Å². The number of rotatable bonds is 3. The van der Waals surface area contributed by atoms with Crippen LogP contribution >= 0.6 is 0 Å². The van der Waals surface area contributed by atoms with E-state index < -0.39 is 0 Å². The van der Waals surface area contributed by atoms with Crippen LogP contribution in [0.15, 0.2) is 43.1 Å². The minimum atomic E-state index is -0.301. The quantitative estimate of drug-likeness (QED) is 0.577. The molecule has 3 aromatic heterocycles. The Morgan fingerprint density at radius 3 is 2.97 bits per heavy atom. The number of carbonyl (C=O) groups excluding carboxylic acids is 1. The van der Waals surface area contributed by atoms with E-state index in [9.17, 15) is 9.18 Å². The molecule has 29 heavy (non-hydrogen) atoms. The summed E-state index contributed by atoms with van der Waals surface area (Å²) >= 11 is 0. The molecule has 148 valence electrons. The minimum Gasteiger partial charge on any atom is -0.353 e. The van der Waals surface area contributed by atoms with Gasteiger partial charge in [-0.3, -0.25) is 4.79 Å². The van der Waals surface area contributed by atoms with Gasteiger partial charge in [0.15, 0.2) is 11.5 Å². The molecule has 0 saturated carbocycles. The maximum Gasteiger partial charge on any atom is 0.242 e. The number of hydrogen-bond donors (Lipinski definition) is 1. The van der Waals surface area contributed by atoms with Gasteiger partial charge in [0.25, 0.3) is 0 Å². The van der Waals surface area contributed by atoms with Crippen molar-refractivity contribution in [2.75, 3.05) is 31.1 Å². The fourth-order valence-corrected chi connectivity index (χ4v) is 3.91. The van der Waals surface area contributed by atoms with Gasteiger partial charge in [-0.2, -0.15) is 0 Å². The molecule has 0 bridgehead atoms. The van der Waals surface area contributed by atoms with Crippen LogP contribution in [0.4, 0.5) is 10.2 Å². The lowest BCUT2D eigenvalue weighted by Crippen LogP contribution is -2.37. The summed E-state index contributed by atoms with van der Waals surface area (Å²) in [5.74, 6) is 0.543. The second-order valence-corrected chi connectivity index (χ2v) is 7.17. The average molecular weight is 393 g/mol. The third-order valence-corrected chi connectivity index (χ3v) is 5.39. The van der Waals surface area contributed by atoms with E-state index in [0.717, 1.165) is 35.2 Å². The number of benzene rings is 1. The molecule has 1 N–H and O–H groups in total. The van der Waals surface area contributed by atoms with Crippen LogP contribution in [-0.4, -0.2) is 61.5 Å². The third kappa shape index (κ3) is 3.28. The Hall–Kier alpha value is -3.49. The number of anilines is 1. The van der Waals surface area contributed by atoms with Gasteiger partial charge in [0.2, 0.25) is 5.91 Å². The van der Waals surface area contributed by atoms with Crippen molar-refractivity contribution < 1.29 is 9.18 Å². The van der Waals surface area contributed by atoms with Gasteiger partial charge in [0.05, 0.1) is 11.8 Å². The second-order valence-electron chi connectivity index (χ2n) is 7.17. The lowest BCUT2D eigenvalue weighted by molar-refractivity contribution is -0.131.